The van der Waals surface area contributed by atoms with Gasteiger partial charge in [-0.05, 0) is 35.7 Å². The molecule has 0 aliphatic rings. The maximum atomic E-state index is 5.67. The van der Waals surface area contributed by atoms with Crippen molar-refractivity contribution in [3.8, 4) is 0 Å². The second kappa shape index (κ2) is 5.11. The highest BCUT2D eigenvalue weighted by Crippen LogP contribution is 2.31. The maximum absolute atomic E-state index is 5.67. The first kappa shape index (κ1) is 11.1. The van der Waals surface area contributed by atoms with Gasteiger partial charge in [0, 0.05) is 6.20 Å². The number of hydrogen-bond acceptors (Lipinski definition) is 7. The highest BCUT2D eigenvalue weighted by atomic mass is 35.5. The fraction of sp³-hybridized carbons (Fsp3) is 0.143. The third kappa shape index (κ3) is 3.04. The first-order valence-electron chi connectivity index (χ1n) is 3.82. The summed E-state index contributed by atoms with van der Waals surface area (Å²) in [6, 6.07) is 1.79. The summed E-state index contributed by atoms with van der Waals surface area (Å²) >= 11 is 10.2. The Balaban J connectivity index is 2.14. The highest BCUT2D eigenvalue weighted by molar-refractivity contribution is 8.02. The van der Waals surface area contributed by atoms with Crippen LogP contribution in [0.4, 0.5) is 0 Å². The van der Waals surface area contributed by atoms with Gasteiger partial charge in [0.25, 0.3) is 0 Å². The minimum absolute atomic E-state index is 0.245. The van der Waals surface area contributed by atoms with Crippen molar-refractivity contribution in [1.29, 1.82) is 0 Å². The van der Waals surface area contributed by atoms with E-state index in [2.05, 4.69) is 20.2 Å². The number of halogens is 1. The fourth-order valence-corrected chi connectivity index (χ4v) is 3.33. The Morgan fingerprint density at radius 1 is 1.33 bits per heavy atom. The molecule has 4 nitrogen and oxygen atoms in total. The molecule has 0 aliphatic heterocycles. The van der Waals surface area contributed by atoms with Crippen LogP contribution in [-0.2, 0) is 0 Å². The van der Waals surface area contributed by atoms with Crippen LogP contribution in [0.3, 0.4) is 0 Å². The van der Waals surface area contributed by atoms with Crippen LogP contribution in [0.25, 0.3) is 0 Å². The summed E-state index contributed by atoms with van der Waals surface area (Å²) in [5.74, 6) is 0. The maximum Gasteiger partial charge on any atom is 0.223 e. The van der Waals surface area contributed by atoms with Gasteiger partial charge in [-0.2, -0.15) is 0 Å². The van der Waals surface area contributed by atoms with Crippen molar-refractivity contribution < 1.29 is 0 Å². The Kier molecular flexibility index (Phi) is 3.79. The number of rotatable bonds is 3. The molecular weight excluding hydrogens is 272 g/mol. The summed E-state index contributed by atoms with van der Waals surface area (Å²) in [4.78, 5) is 7.86. The van der Waals surface area contributed by atoms with Crippen LogP contribution < -0.4 is 0 Å². The molecule has 0 aliphatic carbocycles. The molecular formula is C7H5ClN4S3. The number of aromatic nitrogens is 4. The van der Waals surface area contributed by atoms with Gasteiger partial charge in [-0.15, -0.1) is 10.2 Å². The van der Waals surface area contributed by atoms with Crippen LogP contribution in [0.15, 0.2) is 26.0 Å². The summed E-state index contributed by atoms with van der Waals surface area (Å²) < 4.78 is 1.80. The van der Waals surface area contributed by atoms with Gasteiger partial charge >= 0.3 is 0 Å². The van der Waals surface area contributed by atoms with Crippen LogP contribution in [-0.4, -0.2) is 26.4 Å². The molecule has 0 bridgehead atoms. The Hall–Kier alpha value is -0.370. The Morgan fingerprint density at radius 3 is 2.80 bits per heavy atom. The van der Waals surface area contributed by atoms with Crippen molar-refractivity contribution in [2.75, 3.05) is 6.26 Å². The van der Waals surface area contributed by atoms with Gasteiger partial charge in [0.05, 0.1) is 0 Å². The van der Waals surface area contributed by atoms with Crippen LogP contribution in [0.2, 0.25) is 5.28 Å². The van der Waals surface area contributed by atoms with E-state index < -0.39 is 0 Å². The topological polar surface area (TPSA) is 51.6 Å². The molecule has 0 aromatic carbocycles. The highest BCUT2D eigenvalue weighted by Gasteiger charge is 2.06. The second-order valence-electron chi connectivity index (χ2n) is 2.30. The molecule has 2 heterocycles. The predicted molar refractivity (Wildman–Crippen MR) is 62.9 cm³/mol. The molecule has 0 N–H and O–H groups in total. The molecule has 0 amide bonds. The summed E-state index contributed by atoms with van der Waals surface area (Å²) in [5, 5.41) is 9.03. The van der Waals surface area contributed by atoms with E-state index in [1.54, 1.807) is 24.0 Å². The summed E-state index contributed by atoms with van der Waals surface area (Å²) in [6.45, 7) is 0. The molecule has 2 aromatic rings. The predicted octanol–water partition coefficient (Wildman–Crippen LogP) is 2.85. The van der Waals surface area contributed by atoms with Gasteiger partial charge < -0.3 is 0 Å². The molecule has 0 fully saturated rings. The summed E-state index contributed by atoms with van der Waals surface area (Å²) in [5.41, 5.74) is 0. The number of nitrogens with zero attached hydrogens (tertiary/aromatic N) is 4. The van der Waals surface area contributed by atoms with Crippen LogP contribution in [0.1, 0.15) is 0 Å². The first-order valence-corrected chi connectivity index (χ1v) is 7.05. The van der Waals surface area contributed by atoms with Gasteiger partial charge in [0.15, 0.2) is 8.68 Å². The minimum atomic E-state index is 0.245. The molecule has 0 saturated heterocycles. The molecule has 0 saturated carbocycles. The van der Waals surface area contributed by atoms with Gasteiger partial charge in [-0.25, -0.2) is 9.97 Å². The van der Waals surface area contributed by atoms with Crippen molar-refractivity contribution in [1.82, 2.24) is 20.2 Å². The van der Waals surface area contributed by atoms with E-state index in [9.17, 15) is 0 Å². The number of thioether (sulfide) groups is 1. The lowest BCUT2D eigenvalue weighted by Crippen LogP contribution is -1.83. The van der Waals surface area contributed by atoms with Gasteiger partial charge in [-0.1, -0.05) is 23.1 Å². The van der Waals surface area contributed by atoms with E-state index in [1.807, 2.05) is 6.26 Å². The molecule has 78 valence electrons. The minimum Gasteiger partial charge on any atom is -0.226 e. The van der Waals surface area contributed by atoms with Gasteiger partial charge in [0.2, 0.25) is 5.28 Å². The zero-order chi connectivity index (χ0) is 10.7. The largest absolute Gasteiger partial charge is 0.226 e. The lowest BCUT2D eigenvalue weighted by atomic mass is 10.7. The molecule has 0 atom stereocenters. The van der Waals surface area contributed by atoms with Gasteiger partial charge in [-0.3, -0.25) is 0 Å². The molecule has 2 aromatic heterocycles. The summed E-state index contributed by atoms with van der Waals surface area (Å²) in [7, 11) is 0. The van der Waals surface area contributed by atoms with E-state index in [0.717, 1.165) is 13.7 Å². The Morgan fingerprint density at radius 2 is 2.13 bits per heavy atom. The molecule has 8 heteroatoms. The van der Waals surface area contributed by atoms with E-state index >= 15 is 0 Å². The average Bonchev–Trinajstić information content (AvgIpc) is 2.65. The number of hydrogen-bond donors (Lipinski definition) is 0. The zero-order valence-corrected chi connectivity index (χ0v) is 10.8. The average molecular weight is 277 g/mol. The SMILES string of the molecule is CSc1nnc(Sc2ccnc(Cl)n2)s1. The molecule has 0 radical (unpaired) electrons. The fourth-order valence-electron chi connectivity index (χ4n) is 0.787. The molecule has 2 rings (SSSR count). The quantitative estimate of drug-likeness (QED) is 0.488. The van der Waals surface area contributed by atoms with Crippen LogP contribution >= 0.6 is 46.5 Å². The van der Waals surface area contributed by atoms with Crippen molar-refractivity contribution in [3.05, 3.63) is 17.5 Å². The molecule has 0 unspecified atom stereocenters. The smallest absolute Gasteiger partial charge is 0.223 e. The first-order chi connectivity index (χ1) is 7.28. The van der Waals surface area contributed by atoms with E-state index in [0.29, 0.717) is 0 Å². The normalized spacial score (nSPS) is 10.5. The van der Waals surface area contributed by atoms with E-state index in [1.165, 1.54) is 23.1 Å². The van der Waals surface area contributed by atoms with Crippen LogP contribution in [0.5, 0.6) is 0 Å². The van der Waals surface area contributed by atoms with Crippen molar-refractivity contribution >= 4 is 46.5 Å². The monoisotopic (exact) mass is 276 g/mol. The van der Waals surface area contributed by atoms with E-state index in [-0.39, 0.29) is 5.28 Å². The Labute approximate surface area is 104 Å². The lowest BCUT2D eigenvalue weighted by molar-refractivity contribution is 0.952. The van der Waals surface area contributed by atoms with Gasteiger partial charge in [0.1, 0.15) is 5.03 Å². The second-order valence-corrected chi connectivity index (χ2v) is 5.94. The molecule has 0 spiro atoms. The van der Waals surface area contributed by atoms with Crippen LogP contribution in [0, 0.1) is 0 Å². The zero-order valence-electron chi connectivity index (χ0n) is 7.55. The van der Waals surface area contributed by atoms with Crippen molar-refractivity contribution in [2.24, 2.45) is 0 Å². The van der Waals surface area contributed by atoms with Crippen molar-refractivity contribution in [2.45, 2.75) is 13.7 Å². The van der Waals surface area contributed by atoms with Crippen molar-refractivity contribution in [3.63, 3.8) is 0 Å². The summed E-state index contributed by atoms with van der Waals surface area (Å²) in [6.07, 6.45) is 3.59. The molecule has 15 heavy (non-hydrogen) atoms. The lowest BCUT2D eigenvalue weighted by Gasteiger charge is -1.94. The third-order valence-electron chi connectivity index (χ3n) is 1.36. The standard InChI is InChI=1S/C7H5ClN4S3/c1-13-6-11-12-7(15-6)14-4-2-3-9-5(8)10-4/h2-3H,1H3. The van der Waals surface area contributed by atoms with E-state index in [4.69, 9.17) is 11.6 Å². The third-order valence-corrected chi connectivity index (χ3v) is 4.42. The Bertz CT molecular complexity index is 461.